The zero-order chi connectivity index (χ0) is 22.2. The standard InChI is InChI=1S/C24H53NO3Si.ClH/c1-8-10-11-12-13-14-15-16-17-18-19-20-21-22(24(3,4)25)23(9-2)29(26-5,27-6)28-7;/h22-23H,8-21,25H2,1-7H3;1H. The third kappa shape index (κ3) is 12.4. The third-order valence-electron chi connectivity index (χ3n) is 6.56. The molecule has 0 aliphatic carbocycles. The fourth-order valence-electron chi connectivity index (χ4n) is 4.78. The summed E-state index contributed by atoms with van der Waals surface area (Å²) in [5.41, 5.74) is 6.57. The van der Waals surface area contributed by atoms with E-state index in [1.54, 1.807) is 21.3 Å². The van der Waals surface area contributed by atoms with Crippen molar-refractivity contribution in [1.82, 2.24) is 0 Å². The van der Waals surface area contributed by atoms with Crippen LogP contribution in [0.15, 0.2) is 0 Å². The molecule has 0 bridgehead atoms. The lowest BCUT2D eigenvalue weighted by molar-refractivity contribution is 0.0884. The molecule has 0 spiro atoms. The number of unbranched alkanes of at least 4 members (excludes halogenated alkanes) is 11. The largest absolute Gasteiger partial charge is 0.503 e. The van der Waals surface area contributed by atoms with Crippen LogP contribution in [0.4, 0.5) is 0 Å². The molecule has 4 nitrogen and oxygen atoms in total. The van der Waals surface area contributed by atoms with Crippen LogP contribution in [0.1, 0.15) is 118 Å². The summed E-state index contributed by atoms with van der Waals surface area (Å²) in [4.78, 5) is 0. The molecule has 0 aliphatic rings. The number of rotatable bonds is 20. The topological polar surface area (TPSA) is 53.7 Å². The van der Waals surface area contributed by atoms with Gasteiger partial charge in [0.1, 0.15) is 0 Å². The van der Waals surface area contributed by atoms with Crippen molar-refractivity contribution in [2.45, 2.75) is 129 Å². The monoisotopic (exact) mass is 467 g/mol. The number of nitrogens with two attached hydrogens (primary N) is 1. The van der Waals surface area contributed by atoms with E-state index in [2.05, 4.69) is 27.7 Å². The molecular weight excluding hydrogens is 414 g/mol. The van der Waals surface area contributed by atoms with Crippen LogP contribution in [0.5, 0.6) is 0 Å². The van der Waals surface area contributed by atoms with Crippen LogP contribution in [-0.2, 0) is 13.3 Å². The molecule has 0 aromatic carbocycles. The molecule has 0 amide bonds. The average molecular weight is 468 g/mol. The van der Waals surface area contributed by atoms with E-state index in [4.69, 9.17) is 19.0 Å². The highest BCUT2D eigenvalue weighted by atomic mass is 35.5. The maximum atomic E-state index is 6.61. The molecule has 2 unspecified atom stereocenters. The normalized spacial score (nSPS) is 14.4. The smallest absolute Gasteiger partial charge is 0.377 e. The van der Waals surface area contributed by atoms with E-state index in [-0.39, 0.29) is 23.5 Å². The van der Waals surface area contributed by atoms with Crippen molar-refractivity contribution >= 4 is 21.2 Å². The van der Waals surface area contributed by atoms with Gasteiger partial charge in [-0.1, -0.05) is 90.9 Å². The molecule has 0 heterocycles. The maximum absolute atomic E-state index is 6.61. The van der Waals surface area contributed by atoms with Gasteiger partial charge >= 0.3 is 8.80 Å². The first-order valence-electron chi connectivity index (χ1n) is 12.3. The molecular formula is C24H54ClNO3Si. The Morgan fingerprint density at radius 3 is 1.37 bits per heavy atom. The summed E-state index contributed by atoms with van der Waals surface area (Å²) in [7, 11) is 2.44. The van der Waals surface area contributed by atoms with Crippen LogP contribution in [0, 0.1) is 5.92 Å². The zero-order valence-corrected chi connectivity index (χ0v) is 23.1. The summed E-state index contributed by atoms with van der Waals surface area (Å²) in [6.07, 6.45) is 18.5. The van der Waals surface area contributed by atoms with Gasteiger partial charge in [-0.3, -0.25) is 0 Å². The highest BCUT2D eigenvalue weighted by Gasteiger charge is 2.52. The molecule has 2 atom stereocenters. The first-order valence-corrected chi connectivity index (χ1v) is 14.1. The molecule has 0 radical (unpaired) electrons. The van der Waals surface area contributed by atoms with E-state index in [0.717, 1.165) is 12.8 Å². The second kappa shape index (κ2) is 18.9. The summed E-state index contributed by atoms with van der Waals surface area (Å²) in [6.45, 7) is 8.76. The van der Waals surface area contributed by atoms with Crippen LogP contribution >= 0.6 is 12.4 Å². The van der Waals surface area contributed by atoms with Gasteiger partial charge in [-0.15, -0.1) is 12.4 Å². The summed E-state index contributed by atoms with van der Waals surface area (Å²) in [5.74, 6) is 0.335. The maximum Gasteiger partial charge on any atom is 0.503 e. The zero-order valence-electron chi connectivity index (χ0n) is 21.3. The molecule has 30 heavy (non-hydrogen) atoms. The molecule has 0 aromatic rings. The van der Waals surface area contributed by atoms with E-state index in [1.807, 2.05) is 0 Å². The van der Waals surface area contributed by atoms with Gasteiger partial charge in [0.25, 0.3) is 0 Å². The van der Waals surface area contributed by atoms with Gasteiger partial charge in [0.2, 0.25) is 0 Å². The minimum Gasteiger partial charge on any atom is -0.377 e. The van der Waals surface area contributed by atoms with Gasteiger partial charge in [0.05, 0.1) is 0 Å². The van der Waals surface area contributed by atoms with Gasteiger partial charge in [-0.05, 0) is 32.6 Å². The molecule has 0 aromatic heterocycles. The minimum atomic E-state index is -2.70. The Labute approximate surface area is 196 Å². The minimum absolute atomic E-state index is 0. The Kier molecular flexibility index (Phi) is 20.5. The van der Waals surface area contributed by atoms with Crippen molar-refractivity contribution in [3.8, 4) is 0 Å². The molecule has 0 fully saturated rings. The summed E-state index contributed by atoms with van der Waals surface area (Å²) >= 11 is 0. The Bertz CT molecular complexity index is 368. The molecule has 2 N–H and O–H groups in total. The fourth-order valence-corrected chi connectivity index (χ4v) is 7.78. The van der Waals surface area contributed by atoms with Gasteiger partial charge in [-0.2, -0.15) is 0 Å². The van der Waals surface area contributed by atoms with Crippen molar-refractivity contribution in [1.29, 1.82) is 0 Å². The van der Waals surface area contributed by atoms with Crippen LogP contribution in [0.3, 0.4) is 0 Å². The first kappa shape index (κ1) is 32.5. The second-order valence-corrected chi connectivity index (χ2v) is 12.5. The van der Waals surface area contributed by atoms with Crippen molar-refractivity contribution < 1.29 is 13.3 Å². The van der Waals surface area contributed by atoms with Gasteiger partial charge in [-0.25, -0.2) is 0 Å². The summed E-state index contributed by atoms with van der Waals surface area (Å²) in [5, 5.41) is 0. The lowest BCUT2D eigenvalue weighted by atomic mass is 9.80. The number of hydrogen-bond donors (Lipinski definition) is 1. The number of hydrogen-bond acceptors (Lipinski definition) is 4. The Morgan fingerprint density at radius 1 is 0.700 bits per heavy atom. The quantitative estimate of drug-likeness (QED) is 0.148. The molecule has 184 valence electrons. The predicted molar refractivity (Wildman–Crippen MR) is 136 cm³/mol. The first-order chi connectivity index (χ1) is 13.8. The van der Waals surface area contributed by atoms with Gasteiger partial charge in [0.15, 0.2) is 0 Å². The third-order valence-corrected chi connectivity index (χ3v) is 9.98. The summed E-state index contributed by atoms with van der Waals surface area (Å²) in [6, 6.07) is 0. The van der Waals surface area contributed by atoms with Crippen molar-refractivity contribution in [2.75, 3.05) is 21.3 Å². The Morgan fingerprint density at radius 2 is 1.07 bits per heavy atom. The molecule has 0 aliphatic heterocycles. The van der Waals surface area contributed by atoms with Gasteiger partial charge < -0.3 is 19.0 Å². The van der Waals surface area contributed by atoms with Crippen molar-refractivity contribution in [3.63, 3.8) is 0 Å². The van der Waals surface area contributed by atoms with Crippen LogP contribution in [0.25, 0.3) is 0 Å². The lowest BCUT2D eigenvalue weighted by Crippen LogP contribution is -2.55. The molecule has 0 saturated carbocycles. The Balaban J connectivity index is 0. The second-order valence-electron chi connectivity index (χ2n) is 9.34. The van der Waals surface area contributed by atoms with E-state index >= 15 is 0 Å². The van der Waals surface area contributed by atoms with E-state index in [0.29, 0.717) is 5.92 Å². The summed E-state index contributed by atoms with van der Waals surface area (Å²) < 4.78 is 17.5. The highest BCUT2D eigenvalue weighted by Crippen LogP contribution is 2.42. The fraction of sp³-hybridized carbons (Fsp3) is 1.00. The van der Waals surface area contributed by atoms with Crippen LogP contribution in [0.2, 0.25) is 5.54 Å². The Hall–Kier alpha value is 0.347. The number of halogens is 1. The van der Waals surface area contributed by atoms with E-state index in [9.17, 15) is 0 Å². The van der Waals surface area contributed by atoms with Crippen molar-refractivity contribution in [2.24, 2.45) is 11.7 Å². The van der Waals surface area contributed by atoms with E-state index < -0.39 is 8.80 Å². The highest BCUT2D eigenvalue weighted by molar-refractivity contribution is 6.62. The average Bonchev–Trinajstić information content (AvgIpc) is 2.70. The predicted octanol–water partition coefficient (Wildman–Crippen LogP) is 7.51. The lowest BCUT2D eigenvalue weighted by Gasteiger charge is -2.42. The van der Waals surface area contributed by atoms with Gasteiger partial charge in [0, 0.05) is 32.4 Å². The van der Waals surface area contributed by atoms with Crippen LogP contribution in [-0.4, -0.2) is 35.7 Å². The SMILES string of the molecule is CCCCCCCCCCCCCCC(C(CC)[Si](OC)(OC)OC)C(C)(C)N.Cl. The molecule has 6 heteroatoms. The van der Waals surface area contributed by atoms with Crippen molar-refractivity contribution in [3.05, 3.63) is 0 Å². The van der Waals surface area contributed by atoms with E-state index in [1.165, 1.54) is 77.0 Å². The molecule has 0 rings (SSSR count). The molecule has 0 saturated heterocycles. The van der Waals surface area contributed by atoms with Crippen LogP contribution < -0.4 is 5.73 Å².